The quantitative estimate of drug-likeness (QED) is 0.127. The molecule has 0 saturated heterocycles. The van der Waals surface area contributed by atoms with E-state index < -0.39 is 20.8 Å². The molecule has 0 radical (unpaired) electrons. The van der Waals surface area contributed by atoms with Gasteiger partial charge in [-0.3, -0.25) is 4.48 Å². The van der Waals surface area contributed by atoms with Crippen molar-refractivity contribution >= 4 is 31.3 Å². The fraction of sp³-hybridized carbons (Fsp3) is 0.750. The van der Waals surface area contributed by atoms with Crippen LogP contribution in [-0.2, 0) is 23.1 Å². The number of carbonyl (C=O) groups is 1. The number of phosphoric ester groups is 1. The molecule has 33 heavy (non-hydrogen) atoms. The Kier molecular flexibility index (Phi) is 11.2. The van der Waals surface area contributed by atoms with Crippen LogP contribution in [0.4, 0.5) is 4.79 Å². The van der Waals surface area contributed by atoms with Gasteiger partial charge in [-0.15, -0.1) is 4.37 Å². The predicted octanol–water partition coefficient (Wildman–Crippen LogP) is 4.34. The first-order chi connectivity index (χ1) is 15.6. The first kappa shape index (κ1) is 27.7. The molecular formula is C20H35N3O8PS+. The number of rotatable bonds is 14. The van der Waals surface area contributed by atoms with E-state index >= 15 is 0 Å². The molecule has 1 aliphatic rings. The van der Waals surface area contributed by atoms with Gasteiger partial charge in [-0.05, 0) is 20.3 Å². The van der Waals surface area contributed by atoms with Gasteiger partial charge in [-0.1, -0.05) is 32.3 Å². The molecule has 188 valence electrons. The van der Waals surface area contributed by atoms with E-state index in [1.165, 1.54) is 12.8 Å². The number of hydrogen-bond donors (Lipinski definition) is 1. The zero-order chi connectivity index (χ0) is 24.3. The molecule has 0 saturated carbocycles. The molecule has 13 heteroatoms. The Labute approximate surface area is 199 Å². The summed E-state index contributed by atoms with van der Waals surface area (Å²) in [6, 6.07) is 0. The number of quaternary nitrogens is 1. The number of hydrogen-bond acceptors (Lipinski definition) is 10. The van der Waals surface area contributed by atoms with Crippen molar-refractivity contribution in [2.75, 3.05) is 40.3 Å². The van der Waals surface area contributed by atoms with Crippen LogP contribution in [0.1, 0.15) is 58.6 Å². The molecular weight excluding hydrogens is 473 g/mol. The summed E-state index contributed by atoms with van der Waals surface area (Å²) in [5.41, 5.74) is 1.66. The summed E-state index contributed by atoms with van der Waals surface area (Å²) >= 11 is 1.10. The summed E-state index contributed by atoms with van der Waals surface area (Å²) in [7, 11) is -2.51. The van der Waals surface area contributed by atoms with Crippen LogP contribution in [-0.4, -0.2) is 70.7 Å². The number of carbonyl (C=O) groups excluding carboxylic acids is 1. The number of unbranched alkanes of at least 4 members (excludes halogenated alkanes) is 3. The van der Waals surface area contributed by atoms with Crippen LogP contribution in [0, 0.1) is 0 Å². The van der Waals surface area contributed by atoms with Crippen molar-refractivity contribution in [1.82, 2.24) is 8.75 Å². The molecule has 0 amide bonds. The topological polar surface area (TPSA) is 126 Å². The highest BCUT2D eigenvalue weighted by molar-refractivity contribution is 7.47. The van der Waals surface area contributed by atoms with Crippen molar-refractivity contribution in [2.45, 2.75) is 59.0 Å². The molecule has 2 unspecified atom stereocenters. The zero-order valence-corrected chi connectivity index (χ0v) is 21.4. The Hall–Kier alpha value is -1.56. The molecule has 1 aliphatic heterocycles. The van der Waals surface area contributed by atoms with Gasteiger partial charge in [0.1, 0.15) is 12.2 Å². The van der Waals surface area contributed by atoms with E-state index in [2.05, 4.69) is 26.5 Å². The third kappa shape index (κ3) is 10.1. The number of aromatic nitrogens is 2. The smallest absolute Gasteiger partial charge is 0.475 e. The lowest BCUT2D eigenvalue weighted by molar-refractivity contribution is -0.918. The Morgan fingerprint density at radius 2 is 2.06 bits per heavy atom. The fourth-order valence-electron chi connectivity index (χ4n) is 3.17. The van der Waals surface area contributed by atoms with Gasteiger partial charge in [0.15, 0.2) is 6.73 Å². The van der Waals surface area contributed by atoms with E-state index in [1.807, 2.05) is 7.05 Å². The first-order valence-electron chi connectivity index (χ1n) is 11.1. The lowest BCUT2D eigenvalue weighted by atomic mass is 10.1. The van der Waals surface area contributed by atoms with E-state index in [0.29, 0.717) is 35.8 Å². The van der Waals surface area contributed by atoms with Crippen molar-refractivity contribution < 1.29 is 42.0 Å². The minimum absolute atomic E-state index is 0.0771. The molecule has 2 atom stereocenters. The third-order valence-corrected chi connectivity index (χ3v) is 6.25. The van der Waals surface area contributed by atoms with Crippen molar-refractivity contribution in [2.24, 2.45) is 0 Å². The molecule has 2 heterocycles. The minimum Gasteiger partial charge on any atom is -0.475 e. The summed E-state index contributed by atoms with van der Waals surface area (Å²) in [5.74, 6) is 0.527. The van der Waals surface area contributed by atoms with Gasteiger partial charge in [0.2, 0.25) is 6.79 Å². The second-order valence-electron chi connectivity index (χ2n) is 8.38. The molecule has 0 spiro atoms. The van der Waals surface area contributed by atoms with Crippen molar-refractivity contribution in [3.8, 4) is 5.88 Å². The summed E-state index contributed by atoms with van der Waals surface area (Å²) < 4.78 is 46.3. The van der Waals surface area contributed by atoms with Crippen LogP contribution in [0.2, 0.25) is 0 Å². The van der Waals surface area contributed by atoms with Crippen LogP contribution in [0.25, 0.3) is 5.57 Å². The van der Waals surface area contributed by atoms with E-state index in [0.717, 1.165) is 36.6 Å². The van der Waals surface area contributed by atoms with Gasteiger partial charge in [-0.25, -0.2) is 18.4 Å². The van der Waals surface area contributed by atoms with E-state index in [1.54, 1.807) is 13.8 Å². The van der Waals surface area contributed by atoms with Crippen molar-refractivity contribution in [3.05, 3.63) is 11.8 Å². The Bertz CT molecular complexity index is 834. The monoisotopic (exact) mass is 508 g/mol. The second-order valence-corrected chi connectivity index (χ2v) is 10.4. The molecule has 0 aromatic carbocycles. The van der Waals surface area contributed by atoms with Gasteiger partial charge in [0.05, 0.1) is 38.0 Å². The highest BCUT2D eigenvalue weighted by Gasteiger charge is 2.34. The van der Waals surface area contributed by atoms with E-state index in [9.17, 15) is 14.3 Å². The van der Waals surface area contributed by atoms with Crippen LogP contribution in [0.3, 0.4) is 0 Å². The third-order valence-electron chi connectivity index (χ3n) is 4.87. The molecule has 1 N–H and O–H groups in total. The maximum atomic E-state index is 12.2. The van der Waals surface area contributed by atoms with Gasteiger partial charge >= 0.3 is 14.0 Å². The molecule has 11 nitrogen and oxygen atoms in total. The average Bonchev–Trinajstić information content (AvgIpc) is 3.20. The van der Waals surface area contributed by atoms with Gasteiger partial charge in [0.25, 0.3) is 5.88 Å². The van der Waals surface area contributed by atoms with Crippen LogP contribution in [0.5, 0.6) is 5.88 Å². The molecule has 1 aromatic rings. The molecule has 1 aromatic heterocycles. The number of nitrogens with zero attached hydrogens (tertiary/aromatic N) is 3. The fourth-order valence-corrected chi connectivity index (χ4v) is 4.39. The summed E-state index contributed by atoms with van der Waals surface area (Å²) in [6.45, 7) is 6.45. The molecule has 0 bridgehead atoms. The lowest BCUT2D eigenvalue weighted by Crippen LogP contribution is -2.48. The zero-order valence-electron chi connectivity index (χ0n) is 19.7. The standard InChI is InChI=1S/C20H34N3O8PS/c1-5-6-7-8-12-27-19-18(21-33-22-19)17-10-9-11-23(4,13-17)14-29-32(25,26)30-15-28-20(24)31-16(2)3/h10,16H,5-9,11-15H2,1-4H3/p+1. The minimum atomic E-state index is -4.42. The summed E-state index contributed by atoms with van der Waals surface area (Å²) in [5, 5.41) is 0. The molecule has 0 aliphatic carbocycles. The molecule has 2 rings (SSSR count). The van der Waals surface area contributed by atoms with Gasteiger partial charge in [0, 0.05) is 12.0 Å². The Morgan fingerprint density at radius 1 is 1.27 bits per heavy atom. The lowest BCUT2D eigenvalue weighted by Gasteiger charge is -2.37. The maximum Gasteiger partial charge on any atom is 0.510 e. The number of ether oxygens (including phenoxy) is 3. The highest BCUT2D eigenvalue weighted by atomic mass is 32.1. The van der Waals surface area contributed by atoms with Gasteiger partial charge in [-0.2, -0.15) is 4.37 Å². The Morgan fingerprint density at radius 3 is 2.79 bits per heavy atom. The highest BCUT2D eigenvalue weighted by Crippen LogP contribution is 2.44. The van der Waals surface area contributed by atoms with Gasteiger partial charge < -0.3 is 19.1 Å². The first-order valence-corrected chi connectivity index (χ1v) is 13.3. The number of phosphoric acid groups is 1. The second kappa shape index (κ2) is 13.4. The average molecular weight is 509 g/mol. The molecule has 0 fully saturated rings. The summed E-state index contributed by atoms with van der Waals surface area (Å²) in [4.78, 5) is 21.2. The van der Waals surface area contributed by atoms with E-state index in [-0.39, 0.29) is 12.8 Å². The van der Waals surface area contributed by atoms with Crippen LogP contribution >= 0.6 is 19.6 Å². The number of likely N-dealkylation sites (N-methyl/N-ethyl adjacent to an activating group) is 1. The SMILES string of the molecule is CCCCCCOc1nsnc1C1=CCC[N+](C)(COP(=O)(O)OCOC(=O)OC(C)C)C1. The van der Waals surface area contributed by atoms with Crippen molar-refractivity contribution in [3.63, 3.8) is 0 Å². The maximum absolute atomic E-state index is 12.2. The summed E-state index contributed by atoms with van der Waals surface area (Å²) in [6.07, 6.45) is 5.89. The predicted molar refractivity (Wildman–Crippen MR) is 122 cm³/mol. The normalized spacial score (nSPS) is 20.2. The Balaban J connectivity index is 1.85. The van der Waals surface area contributed by atoms with Crippen LogP contribution < -0.4 is 4.74 Å². The van der Waals surface area contributed by atoms with Crippen molar-refractivity contribution in [1.29, 1.82) is 0 Å². The van der Waals surface area contributed by atoms with Crippen LogP contribution in [0.15, 0.2) is 6.08 Å². The van der Waals surface area contributed by atoms with E-state index in [4.69, 9.17) is 18.5 Å². The largest absolute Gasteiger partial charge is 0.510 e.